The first-order valence-electron chi connectivity index (χ1n) is 16.0. The fraction of sp³-hybridized carbons (Fsp3) is 0.667. The third kappa shape index (κ3) is 10.0. The van der Waals surface area contributed by atoms with E-state index in [1.807, 2.05) is 23.1 Å². The number of nitrogens with zero attached hydrogens (tertiary/aromatic N) is 1. The molecule has 0 spiro atoms. The van der Waals surface area contributed by atoms with Crippen LogP contribution in [0.5, 0.6) is 5.75 Å². The average Bonchev–Trinajstić information content (AvgIpc) is 3.37. The topological polar surface area (TPSA) is 110 Å². The molecule has 1 aliphatic carbocycles. The van der Waals surface area contributed by atoms with Crippen LogP contribution in [0.1, 0.15) is 108 Å². The first-order chi connectivity index (χ1) is 20.5. The van der Waals surface area contributed by atoms with Crippen molar-refractivity contribution in [1.29, 1.82) is 0 Å². The van der Waals surface area contributed by atoms with Gasteiger partial charge in [0.05, 0.1) is 20.3 Å². The van der Waals surface area contributed by atoms with Gasteiger partial charge in [0, 0.05) is 36.0 Å². The van der Waals surface area contributed by atoms with E-state index in [0.29, 0.717) is 44.2 Å². The van der Waals surface area contributed by atoms with Crippen molar-refractivity contribution in [3.8, 4) is 5.75 Å². The summed E-state index contributed by atoms with van der Waals surface area (Å²) in [6.45, 7) is 1.75. The molecule has 0 unspecified atom stereocenters. The SMILES string of the molecule is COC(=O)COc1ccc2[nH]c3c(c2c1)CCN(C(=O)CCCCCCC(=O)NOCC1CCCCCCCCC1)C3. The van der Waals surface area contributed by atoms with E-state index in [-0.39, 0.29) is 18.4 Å². The van der Waals surface area contributed by atoms with Crippen LogP contribution in [0.15, 0.2) is 18.2 Å². The van der Waals surface area contributed by atoms with Gasteiger partial charge in [-0.15, -0.1) is 0 Å². The summed E-state index contributed by atoms with van der Waals surface area (Å²) in [6.07, 6.45) is 16.9. The molecule has 2 aromatic rings. The van der Waals surface area contributed by atoms with Crippen LogP contribution in [0.3, 0.4) is 0 Å². The maximum absolute atomic E-state index is 12.9. The van der Waals surface area contributed by atoms with E-state index in [2.05, 4.69) is 15.2 Å². The summed E-state index contributed by atoms with van der Waals surface area (Å²) in [5.74, 6) is 0.879. The lowest BCUT2D eigenvalue weighted by Crippen LogP contribution is -2.35. The lowest BCUT2D eigenvalue weighted by atomic mass is 9.93. The number of ether oxygens (including phenoxy) is 2. The van der Waals surface area contributed by atoms with Crippen molar-refractivity contribution in [3.63, 3.8) is 0 Å². The number of rotatable bonds is 13. The number of hydroxylamine groups is 1. The van der Waals surface area contributed by atoms with Crippen LogP contribution in [0.2, 0.25) is 0 Å². The van der Waals surface area contributed by atoms with Gasteiger partial charge in [-0.2, -0.15) is 0 Å². The predicted molar refractivity (Wildman–Crippen MR) is 162 cm³/mol. The summed E-state index contributed by atoms with van der Waals surface area (Å²) in [4.78, 5) is 47.4. The van der Waals surface area contributed by atoms with Gasteiger partial charge in [-0.1, -0.05) is 57.8 Å². The maximum Gasteiger partial charge on any atom is 0.343 e. The van der Waals surface area contributed by atoms with Gasteiger partial charge in [0.2, 0.25) is 11.8 Å². The smallest absolute Gasteiger partial charge is 0.343 e. The molecule has 0 radical (unpaired) electrons. The Morgan fingerprint density at radius 3 is 2.40 bits per heavy atom. The Morgan fingerprint density at radius 1 is 0.952 bits per heavy atom. The Hall–Kier alpha value is -3.07. The van der Waals surface area contributed by atoms with Crippen molar-refractivity contribution in [2.75, 3.05) is 26.9 Å². The normalized spacial score (nSPS) is 16.5. The molecule has 0 bridgehead atoms. The summed E-state index contributed by atoms with van der Waals surface area (Å²) in [6, 6.07) is 5.71. The van der Waals surface area contributed by atoms with Crippen molar-refractivity contribution in [1.82, 2.24) is 15.4 Å². The zero-order valence-electron chi connectivity index (χ0n) is 25.3. The Bertz CT molecular complexity index is 1150. The van der Waals surface area contributed by atoms with Crippen LogP contribution >= 0.6 is 0 Å². The summed E-state index contributed by atoms with van der Waals surface area (Å²) < 4.78 is 10.2. The number of esters is 1. The predicted octanol–water partition coefficient (Wildman–Crippen LogP) is 6.13. The molecule has 4 rings (SSSR count). The quantitative estimate of drug-likeness (QED) is 0.167. The number of methoxy groups -OCH3 is 1. The van der Waals surface area contributed by atoms with E-state index in [9.17, 15) is 14.4 Å². The molecule has 1 fully saturated rings. The van der Waals surface area contributed by atoms with Gasteiger partial charge in [-0.05, 0) is 61.8 Å². The van der Waals surface area contributed by atoms with Crippen LogP contribution in [-0.2, 0) is 36.9 Å². The molecule has 1 aromatic carbocycles. The number of aromatic amines is 1. The molecule has 9 heteroatoms. The second-order valence-corrected chi connectivity index (χ2v) is 11.9. The summed E-state index contributed by atoms with van der Waals surface area (Å²) in [5.41, 5.74) is 5.91. The molecule has 42 heavy (non-hydrogen) atoms. The lowest BCUT2D eigenvalue weighted by molar-refractivity contribution is -0.143. The van der Waals surface area contributed by atoms with Gasteiger partial charge in [0.25, 0.3) is 0 Å². The summed E-state index contributed by atoms with van der Waals surface area (Å²) in [5, 5.41) is 1.07. The Labute approximate surface area is 250 Å². The first kappa shape index (κ1) is 31.9. The van der Waals surface area contributed by atoms with E-state index in [1.165, 1.54) is 70.5 Å². The molecule has 2 heterocycles. The zero-order valence-corrected chi connectivity index (χ0v) is 25.3. The fourth-order valence-electron chi connectivity index (χ4n) is 6.15. The lowest BCUT2D eigenvalue weighted by Gasteiger charge is -2.27. The molecule has 9 nitrogen and oxygen atoms in total. The Balaban J connectivity index is 1.08. The Kier molecular flexibility index (Phi) is 13.0. The van der Waals surface area contributed by atoms with Crippen molar-refractivity contribution in [2.45, 2.75) is 109 Å². The fourth-order valence-corrected chi connectivity index (χ4v) is 6.15. The number of aromatic nitrogens is 1. The number of carbonyl (C=O) groups is 3. The van der Waals surface area contributed by atoms with E-state index < -0.39 is 5.97 Å². The van der Waals surface area contributed by atoms with E-state index in [4.69, 9.17) is 9.57 Å². The number of unbranched alkanes of at least 4 members (excludes halogenated alkanes) is 3. The number of carbonyl (C=O) groups excluding carboxylic acids is 3. The second kappa shape index (κ2) is 17.1. The molecule has 2 amide bonds. The largest absolute Gasteiger partial charge is 0.482 e. The van der Waals surface area contributed by atoms with Gasteiger partial charge in [-0.3, -0.25) is 14.4 Å². The van der Waals surface area contributed by atoms with Gasteiger partial charge in [0.15, 0.2) is 6.61 Å². The molecular formula is C33H49N3O6. The second-order valence-electron chi connectivity index (χ2n) is 11.9. The molecule has 0 saturated heterocycles. The minimum absolute atomic E-state index is 0.0458. The van der Waals surface area contributed by atoms with Crippen LogP contribution in [-0.4, -0.2) is 54.5 Å². The van der Waals surface area contributed by atoms with Crippen LogP contribution < -0.4 is 10.2 Å². The van der Waals surface area contributed by atoms with Crippen LogP contribution in [0.4, 0.5) is 0 Å². The Morgan fingerprint density at radius 2 is 1.67 bits per heavy atom. The highest BCUT2D eigenvalue weighted by Crippen LogP contribution is 2.31. The van der Waals surface area contributed by atoms with Crippen LogP contribution in [0, 0.1) is 5.92 Å². The van der Waals surface area contributed by atoms with Gasteiger partial charge in [-0.25, -0.2) is 10.3 Å². The number of hydrogen-bond donors (Lipinski definition) is 2. The first-order valence-corrected chi connectivity index (χ1v) is 16.0. The van der Waals surface area contributed by atoms with Crippen molar-refractivity contribution < 1.29 is 28.7 Å². The molecule has 2 N–H and O–H groups in total. The van der Waals surface area contributed by atoms with Gasteiger partial charge in [0.1, 0.15) is 5.75 Å². The van der Waals surface area contributed by atoms with Gasteiger partial charge < -0.3 is 19.4 Å². The third-order valence-corrected chi connectivity index (χ3v) is 8.66. The number of hydrogen-bond acceptors (Lipinski definition) is 6. The summed E-state index contributed by atoms with van der Waals surface area (Å²) in [7, 11) is 1.34. The minimum Gasteiger partial charge on any atom is -0.482 e. The van der Waals surface area contributed by atoms with E-state index >= 15 is 0 Å². The zero-order chi connectivity index (χ0) is 29.6. The molecule has 1 saturated carbocycles. The average molecular weight is 584 g/mol. The number of nitrogens with one attached hydrogen (secondary N) is 2. The number of benzene rings is 1. The molecule has 1 aliphatic heterocycles. The van der Waals surface area contributed by atoms with E-state index in [0.717, 1.165) is 48.7 Å². The van der Waals surface area contributed by atoms with E-state index in [1.54, 1.807) is 0 Å². The van der Waals surface area contributed by atoms with Crippen molar-refractivity contribution >= 4 is 28.7 Å². The van der Waals surface area contributed by atoms with Crippen LogP contribution in [0.25, 0.3) is 10.9 Å². The number of fused-ring (bicyclic) bond motifs is 3. The third-order valence-electron chi connectivity index (χ3n) is 8.66. The maximum atomic E-state index is 12.9. The summed E-state index contributed by atoms with van der Waals surface area (Å²) >= 11 is 0. The molecule has 0 atom stereocenters. The van der Waals surface area contributed by atoms with Crippen molar-refractivity contribution in [2.24, 2.45) is 5.92 Å². The minimum atomic E-state index is -0.420. The molecule has 1 aromatic heterocycles. The molecule has 2 aliphatic rings. The number of H-pyrrole nitrogens is 1. The molecular weight excluding hydrogens is 534 g/mol. The highest BCUT2D eigenvalue weighted by molar-refractivity contribution is 5.87. The van der Waals surface area contributed by atoms with Gasteiger partial charge >= 0.3 is 5.97 Å². The standard InChI is InChI=1S/C33H49N3O6/c1-40-33(39)24-41-26-17-18-29-28(21-26)27-19-20-36(22-30(27)34-29)32(38)16-12-8-7-11-15-31(37)35-42-23-25-13-9-5-3-2-4-6-10-14-25/h17-18,21,25,34H,2-16,19-20,22-24H2,1H3,(H,35,37). The highest BCUT2D eigenvalue weighted by Gasteiger charge is 2.24. The highest BCUT2D eigenvalue weighted by atomic mass is 16.7. The monoisotopic (exact) mass is 583 g/mol. The van der Waals surface area contributed by atoms with Crippen molar-refractivity contribution in [3.05, 3.63) is 29.5 Å². The number of amides is 2. The molecule has 232 valence electrons.